The van der Waals surface area contributed by atoms with Crippen LogP contribution in [0.3, 0.4) is 0 Å². The van der Waals surface area contributed by atoms with E-state index in [1.54, 1.807) is 18.0 Å². The molecule has 0 radical (unpaired) electrons. The monoisotopic (exact) mass is 285 g/mol. The number of benzene rings is 2. The van der Waals surface area contributed by atoms with Crippen molar-refractivity contribution in [2.45, 2.75) is 6.54 Å². The average Bonchev–Trinajstić information content (AvgIpc) is 2.47. The first-order valence-corrected chi connectivity index (χ1v) is 6.32. The van der Waals surface area contributed by atoms with Crippen LogP contribution >= 0.6 is 0 Å². The van der Waals surface area contributed by atoms with Crippen LogP contribution in [0.5, 0.6) is 0 Å². The van der Waals surface area contributed by atoms with E-state index in [4.69, 9.17) is 5.73 Å². The summed E-state index contributed by atoms with van der Waals surface area (Å²) in [6.45, 7) is 0.525. The second-order valence-electron chi connectivity index (χ2n) is 4.67. The van der Waals surface area contributed by atoms with Gasteiger partial charge in [-0.3, -0.25) is 14.9 Å². The molecule has 108 valence electrons. The van der Waals surface area contributed by atoms with Crippen molar-refractivity contribution in [2.75, 3.05) is 11.9 Å². The number of nitrogens with two attached hydrogens (primary N) is 1. The number of nitro groups is 1. The van der Waals surface area contributed by atoms with Crippen LogP contribution in [0.1, 0.15) is 15.9 Å². The lowest BCUT2D eigenvalue weighted by atomic mass is 10.1. The van der Waals surface area contributed by atoms with Crippen molar-refractivity contribution in [1.82, 2.24) is 0 Å². The Morgan fingerprint density at radius 1 is 1.24 bits per heavy atom. The molecule has 2 aromatic carbocycles. The van der Waals surface area contributed by atoms with Gasteiger partial charge in [-0.1, -0.05) is 30.3 Å². The van der Waals surface area contributed by atoms with E-state index in [2.05, 4.69) is 0 Å². The molecule has 1 amide bonds. The van der Waals surface area contributed by atoms with Crippen molar-refractivity contribution in [2.24, 2.45) is 5.73 Å². The standard InChI is InChI=1S/C15H15N3O3/c1-17(10-11-5-3-2-4-6-11)13-8-7-12(15(16)19)9-14(13)18(20)21/h2-9H,10H2,1H3,(H2,16,19). The maximum atomic E-state index is 11.2. The van der Waals surface area contributed by atoms with Crippen LogP contribution in [-0.2, 0) is 6.54 Å². The molecule has 0 aromatic heterocycles. The molecule has 0 atom stereocenters. The Bertz CT molecular complexity index is 671. The molecule has 0 aliphatic rings. The maximum absolute atomic E-state index is 11.2. The highest BCUT2D eigenvalue weighted by Crippen LogP contribution is 2.29. The predicted molar refractivity (Wildman–Crippen MR) is 80.2 cm³/mol. The Hall–Kier alpha value is -2.89. The Labute approximate surface area is 121 Å². The molecule has 2 rings (SSSR count). The van der Waals surface area contributed by atoms with E-state index in [1.165, 1.54) is 12.1 Å². The first-order chi connectivity index (χ1) is 9.99. The summed E-state index contributed by atoms with van der Waals surface area (Å²) in [4.78, 5) is 23.6. The van der Waals surface area contributed by atoms with Crippen molar-refractivity contribution in [3.05, 3.63) is 69.8 Å². The highest BCUT2D eigenvalue weighted by Gasteiger charge is 2.19. The zero-order valence-corrected chi connectivity index (χ0v) is 11.5. The lowest BCUT2D eigenvalue weighted by Gasteiger charge is -2.19. The zero-order valence-electron chi connectivity index (χ0n) is 11.5. The van der Waals surface area contributed by atoms with Gasteiger partial charge in [0.05, 0.1) is 4.92 Å². The Morgan fingerprint density at radius 2 is 1.90 bits per heavy atom. The van der Waals surface area contributed by atoms with Crippen LogP contribution in [0.15, 0.2) is 48.5 Å². The van der Waals surface area contributed by atoms with Crippen molar-refractivity contribution >= 4 is 17.3 Å². The highest BCUT2D eigenvalue weighted by atomic mass is 16.6. The third-order valence-electron chi connectivity index (χ3n) is 3.13. The van der Waals surface area contributed by atoms with Gasteiger partial charge in [0.15, 0.2) is 0 Å². The Balaban J connectivity index is 2.34. The number of amides is 1. The van der Waals surface area contributed by atoms with Gasteiger partial charge in [-0.15, -0.1) is 0 Å². The number of primary amides is 1. The van der Waals surface area contributed by atoms with Crippen LogP contribution < -0.4 is 10.6 Å². The Morgan fingerprint density at radius 3 is 2.48 bits per heavy atom. The molecule has 0 saturated heterocycles. The van der Waals surface area contributed by atoms with Gasteiger partial charge >= 0.3 is 0 Å². The summed E-state index contributed by atoms with van der Waals surface area (Å²) in [6, 6.07) is 13.9. The van der Waals surface area contributed by atoms with E-state index in [0.717, 1.165) is 5.56 Å². The summed E-state index contributed by atoms with van der Waals surface area (Å²) in [5.41, 5.74) is 6.62. The van der Waals surface area contributed by atoms with Gasteiger partial charge in [-0.2, -0.15) is 0 Å². The van der Waals surface area contributed by atoms with Crippen LogP contribution in [0.2, 0.25) is 0 Å². The minimum Gasteiger partial charge on any atom is -0.366 e. The number of carbonyl (C=O) groups excluding carboxylic acids is 1. The van der Waals surface area contributed by atoms with Gasteiger partial charge in [0.2, 0.25) is 5.91 Å². The summed E-state index contributed by atoms with van der Waals surface area (Å²) < 4.78 is 0. The molecule has 0 spiro atoms. The molecule has 21 heavy (non-hydrogen) atoms. The SMILES string of the molecule is CN(Cc1ccccc1)c1ccc(C(N)=O)cc1[N+](=O)[O-]. The summed E-state index contributed by atoms with van der Waals surface area (Å²) in [5.74, 6) is -0.685. The molecular formula is C15H15N3O3. The topological polar surface area (TPSA) is 89.5 Å². The molecule has 0 aliphatic heterocycles. The quantitative estimate of drug-likeness (QED) is 0.674. The zero-order chi connectivity index (χ0) is 15.4. The van der Waals surface area contributed by atoms with E-state index >= 15 is 0 Å². The van der Waals surface area contributed by atoms with E-state index in [9.17, 15) is 14.9 Å². The van der Waals surface area contributed by atoms with E-state index < -0.39 is 10.8 Å². The van der Waals surface area contributed by atoms with Crippen LogP contribution in [0, 0.1) is 10.1 Å². The molecule has 0 bridgehead atoms. The molecule has 0 fully saturated rings. The average molecular weight is 285 g/mol. The Kier molecular flexibility index (Phi) is 4.18. The molecule has 2 N–H and O–H groups in total. The summed E-state index contributed by atoms with van der Waals surface area (Å²) >= 11 is 0. The minimum absolute atomic E-state index is 0.124. The van der Waals surface area contributed by atoms with Gasteiger partial charge < -0.3 is 10.6 Å². The van der Waals surface area contributed by atoms with E-state index in [-0.39, 0.29) is 11.3 Å². The molecule has 0 aliphatic carbocycles. The number of hydrogen-bond acceptors (Lipinski definition) is 4. The largest absolute Gasteiger partial charge is 0.366 e. The number of carbonyl (C=O) groups is 1. The molecular weight excluding hydrogens is 270 g/mol. The van der Waals surface area contributed by atoms with Gasteiger partial charge in [-0.05, 0) is 17.7 Å². The second kappa shape index (κ2) is 6.04. The number of nitrogens with zero attached hydrogens (tertiary/aromatic N) is 2. The van der Waals surface area contributed by atoms with Crippen molar-refractivity contribution < 1.29 is 9.72 Å². The normalized spacial score (nSPS) is 10.1. The first kappa shape index (κ1) is 14.5. The van der Waals surface area contributed by atoms with Gasteiger partial charge in [0.1, 0.15) is 5.69 Å². The van der Waals surface area contributed by atoms with Crippen LogP contribution in [-0.4, -0.2) is 17.9 Å². The molecule has 0 unspecified atom stereocenters. The number of nitro benzene ring substituents is 1. The summed E-state index contributed by atoms with van der Waals surface area (Å²) in [5, 5.41) is 11.2. The second-order valence-corrected chi connectivity index (χ2v) is 4.67. The van der Waals surface area contributed by atoms with Crippen LogP contribution in [0.25, 0.3) is 0 Å². The van der Waals surface area contributed by atoms with Crippen molar-refractivity contribution in [3.8, 4) is 0 Å². The smallest absolute Gasteiger partial charge is 0.293 e. The molecule has 0 saturated carbocycles. The number of rotatable bonds is 5. The number of hydrogen-bond donors (Lipinski definition) is 1. The van der Waals surface area contributed by atoms with Gasteiger partial charge in [0, 0.05) is 25.2 Å². The fraction of sp³-hybridized carbons (Fsp3) is 0.133. The fourth-order valence-corrected chi connectivity index (χ4v) is 2.09. The molecule has 0 heterocycles. The van der Waals surface area contributed by atoms with E-state index in [0.29, 0.717) is 12.2 Å². The lowest BCUT2D eigenvalue weighted by Crippen LogP contribution is -2.18. The first-order valence-electron chi connectivity index (χ1n) is 6.32. The van der Waals surface area contributed by atoms with Crippen molar-refractivity contribution in [3.63, 3.8) is 0 Å². The molecule has 2 aromatic rings. The third-order valence-corrected chi connectivity index (χ3v) is 3.13. The summed E-state index contributed by atoms with van der Waals surface area (Å²) in [7, 11) is 1.76. The van der Waals surface area contributed by atoms with E-state index in [1.807, 2.05) is 30.3 Å². The van der Waals surface area contributed by atoms with Gasteiger partial charge in [-0.25, -0.2) is 0 Å². The van der Waals surface area contributed by atoms with Crippen LogP contribution in [0.4, 0.5) is 11.4 Å². The summed E-state index contributed by atoms with van der Waals surface area (Å²) in [6.07, 6.45) is 0. The highest BCUT2D eigenvalue weighted by molar-refractivity contribution is 5.94. The minimum atomic E-state index is -0.685. The third kappa shape index (κ3) is 3.36. The van der Waals surface area contributed by atoms with Crippen molar-refractivity contribution in [1.29, 1.82) is 0 Å². The predicted octanol–water partition coefficient (Wildman–Crippen LogP) is 2.33. The van der Waals surface area contributed by atoms with Gasteiger partial charge in [0.25, 0.3) is 5.69 Å². The molecule has 6 nitrogen and oxygen atoms in total. The molecule has 6 heteroatoms. The lowest BCUT2D eigenvalue weighted by molar-refractivity contribution is -0.384. The number of anilines is 1. The maximum Gasteiger partial charge on any atom is 0.293 e. The fourth-order valence-electron chi connectivity index (χ4n) is 2.09.